The lowest BCUT2D eigenvalue weighted by Crippen LogP contribution is -2.42. The molecule has 0 bridgehead atoms. The number of hydrogen-bond donors (Lipinski definition) is 7. The number of aromatic amines is 2. The van der Waals surface area contributed by atoms with Crippen LogP contribution in [0.5, 0.6) is 0 Å². The Morgan fingerprint density at radius 3 is 2.33 bits per heavy atom. The molecule has 21 heavy (non-hydrogen) atoms. The third kappa shape index (κ3) is 5.89. The molecule has 0 fully saturated rings. The lowest BCUT2D eigenvalue weighted by Gasteiger charge is -2.22. The van der Waals surface area contributed by atoms with E-state index >= 15 is 0 Å². The first-order chi connectivity index (χ1) is 9.60. The van der Waals surface area contributed by atoms with Crippen molar-refractivity contribution in [1.29, 1.82) is 0 Å². The molecule has 0 aliphatic carbocycles. The average Bonchev–Trinajstić information content (AvgIpc) is 2.37. The number of aromatic nitrogens is 2. The van der Waals surface area contributed by atoms with E-state index in [9.17, 15) is 29.5 Å². The molecule has 0 aliphatic rings. The van der Waals surface area contributed by atoms with Gasteiger partial charge in [0.15, 0.2) is 0 Å². The van der Waals surface area contributed by atoms with E-state index in [0.717, 1.165) is 6.20 Å². The first kappa shape index (κ1) is 17.7. The molecule has 3 unspecified atom stereocenters. The fourth-order valence-corrected chi connectivity index (χ4v) is 1.81. The van der Waals surface area contributed by atoms with Crippen molar-refractivity contribution in [2.45, 2.75) is 24.7 Å². The summed E-state index contributed by atoms with van der Waals surface area (Å²) in [7, 11) is -4.82. The molecule has 0 saturated heterocycles. The Labute approximate surface area is 117 Å². The minimum Gasteiger partial charge on any atom is -0.390 e. The Hall–Kier alpha value is -1.33. The summed E-state index contributed by atoms with van der Waals surface area (Å²) in [5.41, 5.74) is -1.57. The van der Waals surface area contributed by atoms with E-state index in [1.165, 1.54) is 0 Å². The van der Waals surface area contributed by atoms with Crippen molar-refractivity contribution < 1.29 is 34.2 Å². The van der Waals surface area contributed by atoms with E-state index in [1.807, 2.05) is 4.98 Å². The summed E-state index contributed by atoms with van der Waals surface area (Å²) >= 11 is 0. The zero-order valence-electron chi connectivity index (χ0n) is 10.5. The van der Waals surface area contributed by atoms with Crippen molar-refractivity contribution >= 4 is 7.82 Å². The van der Waals surface area contributed by atoms with Crippen molar-refractivity contribution in [2.24, 2.45) is 0 Å². The van der Waals surface area contributed by atoms with Crippen molar-refractivity contribution in [3.8, 4) is 0 Å². The summed E-state index contributed by atoms with van der Waals surface area (Å²) in [6.07, 6.45) is -4.58. The van der Waals surface area contributed by atoms with Gasteiger partial charge in [0, 0.05) is 18.2 Å². The molecule has 7 N–H and O–H groups in total. The number of aliphatic hydroxyl groups excluding tert-OH is 3. The van der Waals surface area contributed by atoms with Gasteiger partial charge in [0.05, 0.1) is 12.7 Å². The third-order valence-corrected chi connectivity index (χ3v) is 3.01. The van der Waals surface area contributed by atoms with Crippen LogP contribution in [0.3, 0.4) is 0 Å². The second-order valence-corrected chi connectivity index (χ2v) is 5.45. The molecule has 1 aromatic heterocycles. The summed E-state index contributed by atoms with van der Waals surface area (Å²) in [6.45, 7) is -0.912. The molecule has 0 saturated carbocycles. The topological polar surface area (TPSA) is 193 Å². The fraction of sp³-hybridized carbons (Fsp3) is 0.556. The van der Waals surface area contributed by atoms with Crippen molar-refractivity contribution in [1.82, 2.24) is 9.97 Å². The Morgan fingerprint density at radius 1 is 1.19 bits per heavy atom. The van der Waals surface area contributed by atoms with Crippen LogP contribution in [0.1, 0.15) is 5.56 Å². The molecule has 1 aromatic rings. The summed E-state index contributed by atoms with van der Waals surface area (Å²) in [4.78, 5) is 43.1. The molecule has 0 aliphatic heterocycles. The number of hydrogen-bond acceptors (Lipinski definition) is 7. The number of aliphatic hydroxyl groups is 3. The zero-order chi connectivity index (χ0) is 16.2. The highest BCUT2D eigenvalue weighted by Crippen LogP contribution is 2.35. The number of phosphoric acid groups is 1. The molecule has 0 aromatic carbocycles. The van der Waals surface area contributed by atoms with E-state index < -0.39 is 50.4 Å². The van der Waals surface area contributed by atoms with Crippen molar-refractivity contribution in [3.05, 3.63) is 32.6 Å². The van der Waals surface area contributed by atoms with Gasteiger partial charge in [0.2, 0.25) is 0 Å². The minimum absolute atomic E-state index is 0.0516. The van der Waals surface area contributed by atoms with Gasteiger partial charge in [-0.05, 0) is 0 Å². The van der Waals surface area contributed by atoms with Gasteiger partial charge in [0.1, 0.15) is 12.2 Å². The maximum absolute atomic E-state index is 11.4. The lowest BCUT2D eigenvalue weighted by molar-refractivity contribution is -0.0747. The van der Waals surface area contributed by atoms with E-state index in [2.05, 4.69) is 9.51 Å². The van der Waals surface area contributed by atoms with Gasteiger partial charge in [-0.3, -0.25) is 14.3 Å². The molecule has 11 nitrogen and oxygen atoms in total. The zero-order valence-corrected chi connectivity index (χ0v) is 11.4. The van der Waals surface area contributed by atoms with Crippen LogP contribution in [-0.2, 0) is 15.5 Å². The van der Waals surface area contributed by atoms with Gasteiger partial charge >= 0.3 is 13.5 Å². The highest BCUT2D eigenvalue weighted by molar-refractivity contribution is 7.46. The Morgan fingerprint density at radius 2 is 1.81 bits per heavy atom. The summed E-state index contributed by atoms with van der Waals surface area (Å²) in [5, 5.41) is 28.7. The van der Waals surface area contributed by atoms with Gasteiger partial charge in [-0.25, -0.2) is 9.36 Å². The quantitative estimate of drug-likeness (QED) is 0.252. The number of H-pyrrole nitrogens is 2. The first-order valence-corrected chi connectivity index (χ1v) is 7.18. The highest BCUT2D eigenvalue weighted by atomic mass is 31.2. The van der Waals surface area contributed by atoms with Crippen molar-refractivity contribution in [3.63, 3.8) is 0 Å². The highest BCUT2D eigenvalue weighted by Gasteiger charge is 2.28. The molecule has 3 atom stereocenters. The predicted octanol–water partition coefficient (Wildman–Crippen LogP) is -3.20. The van der Waals surface area contributed by atoms with Crippen LogP contribution >= 0.6 is 7.82 Å². The number of phosphoric ester groups is 1. The third-order valence-electron chi connectivity index (χ3n) is 2.53. The fourth-order valence-electron chi connectivity index (χ4n) is 1.46. The minimum atomic E-state index is -4.82. The normalized spacial score (nSPS) is 16.4. The molecule has 0 spiro atoms. The standard InChI is InChI=1S/C9H15N2O9P/c12-5(1-4-2-10-9(16)11-8(4)15)7(14)6(13)3-20-21(17,18)19/h2,5-7,12-14H,1,3H2,(H2,17,18,19)(H2,10,11,15,16). The predicted molar refractivity (Wildman–Crippen MR) is 67.4 cm³/mol. The van der Waals surface area contributed by atoms with Gasteiger partial charge in [0.25, 0.3) is 5.56 Å². The summed E-state index contributed by atoms with van der Waals surface area (Å²) in [6, 6.07) is 0. The largest absolute Gasteiger partial charge is 0.469 e. The Balaban J connectivity index is 2.65. The SMILES string of the molecule is O=c1[nH]cc(CC(O)C(O)C(O)COP(=O)(O)O)c(=O)[nH]1. The summed E-state index contributed by atoms with van der Waals surface area (Å²) < 4.78 is 14.4. The van der Waals surface area contributed by atoms with Gasteiger partial charge in [-0.2, -0.15) is 0 Å². The van der Waals surface area contributed by atoms with Gasteiger partial charge in [-0.15, -0.1) is 0 Å². The maximum atomic E-state index is 11.4. The smallest absolute Gasteiger partial charge is 0.390 e. The Bertz CT molecular complexity index is 620. The molecule has 0 amide bonds. The second-order valence-electron chi connectivity index (χ2n) is 4.21. The van der Waals surface area contributed by atoms with Gasteiger partial charge in [-0.1, -0.05) is 0 Å². The van der Waals surface area contributed by atoms with E-state index in [1.54, 1.807) is 0 Å². The van der Waals surface area contributed by atoms with Crippen LogP contribution in [0.2, 0.25) is 0 Å². The van der Waals surface area contributed by atoms with Crippen LogP contribution < -0.4 is 11.2 Å². The monoisotopic (exact) mass is 326 g/mol. The molecule has 120 valence electrons. The van der Waals surface area contributed by atoms with Crippen LogP contribution in [0.4, 0.5) is 0 Å². The van der Waals surface area contributed by atoms with Crippen molar-refractivity contribution in [2.75, 3.05) is 6.61 Å². The average molecular weight is 326 g/mol. The second kappa shape index (κ2) is 7.09. The molecule has 12 heteroatoms. The van der Waals surface area contributed by atoms with Gasteiger partial charge < -0.3 is 30.1 Å². The van der Waals surface area contributed by atoms with Crippen LogP contribution in [0, 0.1) is 0 Å². The van der Waals surface area contributed by atoms with Crippen LogP contribution in [0.15, 0.2) is 15.8 Å². The molecular formula is C9H15N2O9P. The summed E-state index contributed by atoms with van der Waals surface area (Å²) in [5.74, 6) is 0. The molecule has 0 radical (unpaired) electrons. The molecule has 1 heterocycles. The van der Waals surface area contributed by atoms with Crippen LogP contribution in [0.25, 0.3) is 0 Å². The van der Waals surface area contributed by atoms with E-state index in [-0.39, 0.29) is 5.56 Å². The van der Waals surface area contributed by atoms with E-state index in [4.69, 9.17) is 9.79 Å². The molecule has 1 rings (SSSR count). The maximum Gasteiger partial charge on any atom is 0.469 e. The Kier molecular flexibility index (Phi) is 5.98. The first-order valence-electron chi connectivity index (χ1n) is 5.65. The number of nitrogens with one attached hydrogen (secondary N) is 2. The number of rotatable bonds is 7. The lowest BCUT2D eigenvalue weighted by atomic mass is 10.0. The van der Waals surface area contributed by atoms with Crippen LogP contribution in [-0.4, -0.2) is 60.0 Å². The van der Waals surface area contributed by atoms with E-state index in [0.29, 0.717) is 0 Å². The molecular weight excluding hydrogens is 311 g/mol.